The van der Waals surface area contributed by atoms with Crippen LogP contribution in [0.4, 0.5) is 0 Å². The van der Waals surface area contributed by atoms with E-state index < -0.39 is 28.9 Å². The van der Waals surface area contributed by atoms with Gasteiger partial charge in [-0.2, -0.15) is 0 Å². The standard InChI is InChI=1S/C48H78N2O7/c1-30(2)39-33(51)27-48(36(52)29-50(26-25-49(10)11)41(54)31-15-13-12-14-16-31)24-23-46(8)32(40(39)48)17-18-35-45(7)21-20-37(57-38(53)28-43(3,4)42(55)56)44(5,6)34(45)19-22-47(35,46)9/h30-32,34-37,52H,12-29H2,1-11H3,(H,55,56)/t32-,34-,35?,36-,37+,45+,46-,47-,48+/m1/s1. The number of aliphatic carboxylic acids is 1. The molecule has 0 aromatic heterocycles. The Hall–Kier alpha value is -2.26. The molecule has 2 N–H and O–H groups in total. The molecule has 57 heavy (non-hydrogen) atoms. The lowest BCUT2D eigenvalue weighted by Gasteiger charge is -2.72. The quantitative estimate of drug-likeness (QED) is 0.188. The largest absolute Gasteiger partial charge is 0.481 e. The van der Waals surface area contributed by atoms with Gasteiger partial charge >= 0.3 is 11.9 Å². The van der Waals surface area contributed by atoms with Crippen LogP contribution in [0.1, 0.15) is 159 Å². The van der Waals surface area contributed by atoms with Crippen molar-refractivity contribution in [3.05, 3.63) is 11.1 Å². The van der Waals surface area contributed by atoms with Crippen molar-refractivity contribution in [2.75, 3.05) is 33.7 Å². The Balaban J connectivity index is 1.29. The summed E-state index contributed by atoms with van der Waals surface area (Å²) in [6, 6.07) is 0. The van der Waals surface area contributed by atoms with Crippen molar-refractivity contribution in [3.8, 4) is 0 Å². The Bertz CT molecular complexity index is 1610. The molecule has 6 rings (SSSR count). The van der Waals surface area contributed by atoms with Crippen molar-refractivity contribution in [2.24, 2.45) is 62.1 Å². The minimum Gasteiger partial charge on any atom is -0.481 e. The summed E-state index contributed by atoms with van der Waals surface area (Å²) < 4.78 is 6.19. The van der Waals surface area contributed by atoms with Gasteiger partial charge in [0.1, 0.15) is 6.10 Å². The summed E-state index contributed by atoms with van der Waals surface area (Å²) in [6.07, 6.45) is 11.9. The number of carbonyl (C=O) groups is 4. The van der Waals surface area contributed by atoms with Gasteiger partial charge in [-0.1, -0.05) is 73.3 Å². The maximum atomic E-state index is 14.3. The first kappa shape index (κ1) is 44.3. The van der Waals surface area contributed by atoms with Crippen LogP contribution in [0.15, 0.2) is 11.1 Å². The molecule has 0 heterocycles. The van der Waals surface area contributed by atoms with E-state index in [-0.39, 0.29) is 70.2 Å². The van der Waals surface area contributed by atoms with Crippen molar-refractivity contribution in [3.63, 3.8) is 0 Å². The van der Waals surface area contributed by atoms with Gasteiger partial charge in [-0.15, -0.1) is 0 Å². The van der Waals surface area contributed by atoms with Crippen LogP contribution in [0, 0.1) is 62.1 Å². The van der Waals surface area contributed by atoms with Crippen LogP contribution in [-0.2, 0) is 23.9 Å². The molecule has 6 aliphatic carbocycles. The van der Waals surface area contributed by atoms with Crippen molar-refractivity contribution in [1.29, 1.82) is 0 Å². The van der Waals surface area contributed by atoms with Gasteiger partial charge in [-0.05, 0) is 138 Å². The highest BCUT2D eigenvalue weighted by molar-refractivity contribution is 6.00. The Morgan fingerprint density at radius 3 is 2.12 bits per heavy atom. The van der Waals surface area contributed by atoms with E-state index in [2.05, 4.69) is 53.4 Å². The van der Waals surface area contributed by atoms with Crippen LogP contribution in [-0.4, -0.2) is 89.6 Å². The summed E-state index contributed by atoms with van der Waals surface area (Å²) in [5.74, 6) is 0.0470. The number of hydrogen-bond donors (Lipinski definition) is 2. The van der Waals surface area contributed by atoms with Gasteiger partial charge in [0.05, 0.1) is 17.9 Å². The molecule has 0 aromatic carbocycles. The molecule has 0 saturated heterocycles. The highest BCUT2D eigenvalue weighted by Gasteiger charge is 2.71. The topological polar surface area (TPSA) is 124 Å². The zero-order valence-corrected chi connectivity index (χ0v) is 37.6. The third-order valence-electron chi connectivity index (χ3n) is 18.0. The van der Waals surface area contributed by atoms with E-state index >= 15 is 0 Å². The molecular weight excluding hydrogens is 717 g/mol. The number of carbonyl (C=O) groups excluding carboxylic acids is 3. The number of amides is 1. The minimum atomic E-state index is -1.18. The van der Waals surface area contributed by atoms with Crippen LogP contribution in [0.5, 0.6) is 0 Å². The number of aliphatic hydroxyl groups excluding tert-OH is 1. The number of allylic oxidation sites excluding steroid dienone is 1. The highest BCUT2D eigenvalue weighted by atomic mass is 16.5. The Morgan fingerprint density at radius 2 is 1.51 bits per heavy atom. The molecule has 322 valence electrons. The number of esters is 1. The smallest absolute Gasteiger partial charge is 0.309 e. The fraction of sp³-hybridized carbons (Fsp3) is 0.875. The first-order valence-corrected chi connectivity index (χ1v) is 22.8. The van der Waals surface area contributed by atoms with E-state index in [1.165, 1.54) is 12.0 Å². The van der Waals surface area contributed by atoms with Crippen molar-refractivity contribution in [1.82, 2.24) is 9.80 Å². The summed E-state index contributed by atoms with van der Waals surface area (Å²) in [5.41, 5.74) is 0.103. The number of rotatable bonds is 12. The third-order valence-corrected chi connectivity index (χ3v) is 18.0. The van der Waals surface area contributed by atoms with E-state index in [0.29, 0.717) is 24.8 Å². The van der Waals surface area contributed by atoms with Crippen LogP contribution < -0.4 is 0 Å². The molecule has 1 amide bonds. The molecule has 0 spiro atoms. The van der Waals surface area contributed by atoms with Gasteiger partial charge in [0, 0.05) is 42.8 Å². The second-order valence-electron chi connectivity index (χ2n) is 22.5. The molecule has 5 saturated carbocycles. The Morgan fingerprint density at radius 1 is 0.842 bits per heavy atom. The van der Waals surface area contributed by atoms with E-state index in [9.17, 15) is 29.4 Å². The van der Waals surface area contributed by atoms with Gasteiger partial charge in [-0.25, -0.2) is 0 Å². The number of ketones is 1. The molecule has 5 fully saturated rings. The first-order chi connectivity index (χ1) is 26.5. The monoisotopic (exact) mass is 795 g/mol. The predicted octanol–water partition coefficient (Wildman–Crippen LogP) is 8.71. The van der Waals surface area contributed by atoms with Crippen molar-refractivity contribution < 1.29 is 34.1 Å². The summed E-state index contributed by atoms with van der Waals surface area (Å²) in [5, 5.41) is 22.3. The molecular formula is C48H78N2O7. The van der Waals surface area contributed by atoms with Crippen LogP contribution in [0.2, 0.25) is 0 Å². The first-order valence-electron chi connectivity index (χ1n) is 22.8. The number of likely N-dealkylation sites (N-methyl/N-ethyl adjacent to an activating group) is 1. The molecule has 0 radical (unpaired) electrons. The molecule has 6 aliphatic rings. The molecule has 9 nitrogen and oxygen atoms in total. The number of hydrogen-bond acceptors (Lipinski definition) is 7. The minimum absolute atomic E-state index is 0.0127. The van der Waals surface area contributed by atoms with E-state index in [1.54, 1.807) is 13.8 Å². The number of carboxylic acid groups (broad SMARTS) is 1. The van der Waals surface area contributed by atoms with Gasteiger partial charge in [0.2, 0.25) is 5.91 Å². The molecule has 9 atom stereocenters. The number of nitrogens with zero attached hydrogens (tertiary/aromatic N) is 2. The Labute approximate surface area is 344 Å². The highest BCUT2D eigenvalue weighted by Crippen LogP contribution is 2.77. The zero-order chi connectivity index (χ0) is 42.1. The van der Waals surface area contributed by atoms with E-state index in [4.69, 9.17) is 4.74 Å². The lowest BCUT2D eigenvalue weighted by atomic mass is 9.33. The van der Waals surface area contributed by atoms with Gasteiger partial charge in [0.15, 0.2) is 5.78 Å². The van der Waals surface area contributed by atoms with Crippen LogP contribution in [0.25, 0.3) is 0 Å². The number of ether oxygens (including phenoxy) is 1. The summed E-state index contributed by atoms with van der Waals surface area (Å²) in [6.45, 7) is 21.2. The summed E-state index contributed by atoms with van der Waals surface area (Å²) in [7, 11) is 4.06. The summed E-state index contributed by atoms with van der Waals surface area (Å²) in [4.78, 5) is 57.5. The number of aliphatic hydroxyl groups is 1. The maximum Gasteiger partial charge on any atom is 0.309 e. The third kappa shape index (κ3) is 7.37. The maximum absolute atomic E-state index is 14.3. The second kappa shape index (κ2) is 15.6. The average Bonchev–Trinajstić information content (AvgIpc) is 3.44. The molecule has 1 unspecified atom stereocenters. The van der Waals surface area contributed by atoms with Crippen LogP contribution in [0.3, 0.4) is 0 Å². The van der Waals surface area contributed by atoms with Crippen molar-refractivity contribution >= 4 is 23.6 Å². The summed E-state index contributed by atoms with van der Waals surface area (Å²) >= 11 is 0. The zero-order valence-electron chi connectivity index (χ0n) is 37.6. The van der Waals surface area contributed by atoms with Crippen LogP contribution >= 0.6 is 0 Å². The molecule has 9 heteroatoms. The number of Topliss-reactive ketones (excluding diaryl/α,β-unsaturated/α-hetero) is 1. The van der Waals surface area contributed by atoms with E-state index in [0.717, 1.165) is 89.2 Å². The van der Waals surface area contributed by atoms with Gasteiger partial charge in [-0.3, -0.25) is 19.2 Å². The predicted molar refractivity (Wildman–Crippen MR) is 223 cm³/mol. The van der Waals surface area contributed by atoms with Crippen molar-refractivity contribution in [2.45, 2.75) is 171 Å². The SMILES string of the molecule is CC(C)C1=C2[C@H]3CCC4[C@@]5(C)CC[C@H](OC(=O)CC(C)(C)C(=O)O)C(C)(C)[C@H]5CC[C@@]4(C)[C@]3(C)CC[C@@]2([C@H](O)CN(CCN(C)C)C(=O)C2CCCCC2)CC1=O. The molecule has 0 aromatic rings. The normalized spacial score (nSPS) is 37.3. The number of fused-ring (bicyclic) bond motifs is 7. The van der Waals surface area contributed by atoms with E-state index in [1.807, 2.05) is 19.0 Å². The van der Waals surface area contributed by atoms with Gasteiger partial charge < -0.3 is 24.7 Å². The lowest BCUT2D eigenvalue weighted by molar-refractivity contribution is -0.235. The average molecular weight is 795 g/mol. The second-order valence-corrected chi connectivity index (χ2v) is 22.5. The number of carboxylic acids is 1. The Kier molecular flexibility index (Phi) is 12.2. The fourth-order valence-corrected chi connectivity index (χ4v) is 14.5. The lowest BCUT2D eigenvalue weighted by Crippen LogP contribution is -2.66. The fourth-order valence-electron chi connectivity index (χ4n) is 14.5. The molecule has 0 aliphatic heterocycles. The molecule has 0 bridgehead atoms. The van der Waals surface area contributed by atoms with Gasteiger partial charge in [0.25, 0.3) is 0 Å².